The smallest absolute Gasteiger partial charge is 0.310 e. The van der Waals surface area contributed by atoms with Crippen LogP contribution in [0.15, 0.2) is 42.7 Å². The molecule has 130 valence electrons. The van der Waals surface area contributed by atoms with Crippen LogP contribution in [0.1, 0.15) is 18.4 Å². The van der Waals surface area contributed by atoms with Gasteiger partial charge in [0.2, 0.25) is 0 Å². The third-order valence-corrected chi connectivity index (χ3v) is 4.31. The van der Waals surface area contributed by atoms with Gasteiger partial charge in [-0.05, 0) is 43.6 Å². The lowest BCUT2D eigenvalue weighted by molar-refractivity contribution is -0.148. The molecule has 1 N–H and O–H groups in total. The van der Waals surface area contributed by atoms with Crippen LogP contribution in [-0.2, 0) is 6.54 Å². The van der Waals surface area contributed by atoms with Crippen molar-refractivity contribution in [3.8, 4) is 5.69 Å². The van der Waals surface area contributed by atoms with Gasteiger partial charge in [-0.15, -0.1) is 0 Å². The van der Waals surface area contributed by atoms with E-state index in [9.17, 15) is 13.2 Å². The number of hydrogen-bond donors (Lipinski definition) is 1. The van der Waals surface area contributed by atoms with Crippen LogP contribution in [0.2, 0.25) is 0 Å². The first-order valence-electron chi connectivity index (χ1n) is 8.12. The summed E-state index contributed by atoms with van der Waals surface area (Å²) in [6.07, 6.45) is 0.998. The lowest BCUT2D eigenvalue weighted by atomic mass is 10.0. The summed E-state index contributed by atoms with van der Waals surface area (Å²) in [6, 6.07) is 10.1. The Morgan fingerprint density at radius 3 is 2.54 bits per heavy atom. The van der Waals surface area contributed by atoms with Crippen LogP contribution in [0, 0.1) is 0 Å². The van der Waals surface area contributed by atoms with E-state index >= 15 is 0 Å². The highest BCUT2D eigenvalue weighted by Crippen LogP contribution is 2.20. The van der Waals surface area contributed by atoms with Gasteiger partial charge >= 0.3 is 6.18 Å². The Morgan fingerprint density at radius 2 is 1.88 bits per heavy atom. The average Bonchev–Trinajstić information content (AvgIpc) is 3.07. The molecule has 1 aliphatic heterocycles. The van der Waals surface area contributed by atoms with Gasteiger partial charge in [-0.25, -0.2) is 4.68 Å². The third kappa shape index (κ3) is 4.58. The van der Waals surface area contributed by atoms with Gasteiger partial charge in [0.15, 0.2) is 0 Å². The lowest BCUT2D eigenvalue weighted by Crippen LogP contribution is -2.45. The first kappa shape index (κ1) is 17.0. The maximum Gasteiger partial charge on any atom is 0.401 e. The fourth-order valence-corrected chi connectivity index (χ4v) is 3.10. The van der Waals surface area contributed by atoms with E-state index in [1.807, 2.05) is 41.2 Å². The van der Waals surface area contributed by atoms with Gasteiger partial charge < -0.3 is 5.32 Å². The molecule has 2 aromatic rings. The van der Waals surface area contributed by atoms with E-state index in [0.29, 0.717) is 19.6 Å². The summed E-state index contributed by atoms with van der Waals surface area (Å²) in [5.41, 5.74) is 2.14. The Morgan fingerprint density at radius 1 is 1.12 bits per heavy atom. The Balaban J connectivity index is 1.53. The summed E-state index contributed by atoms with van der Waals surface area (Å²) in [4.78, 5) is 1.48. The SMILES string of the molecule is FC(F)(F)CN1CCC(NCc2ccccc2-n2cccn2)CC1. The number of halogens is 3. The standard InChI is InChI=1S/C17H21F3N4/c18-17(19,20)13-23-10-6-15(7-11-23)21-12-14-4-1-2-5-16(14)24-9-3-8-22-24/h1-5,8-9,15,21H,6-7,10-13H2. The molecule has 7 heteroatoms. The predicted molar refractivity (Wildman–Crippen MR) is 85.9 cm³/mol. The van der Waals surface area contributed by atoms with Crippen LogP contribution < -0.4 is 5.32 Å². The number of nitrogens with one attached hydrogen (secondary N) is 1. The molecule has 2 heterocycles. The monoisotopic (exact) mass is 338 g/mol. The number of likely N-dealkylation sites (tertiary alicyclic amines) is 1. The normalized spacial score (nSPS) is 17.3. The van der Waals surface area contributed by atoms with Gasteiger partial charge in [0.25, 0.3) is 0 Å². The quantitative estimate of drug-likeness (QED) is 0.910. The Hall–Kier alpha value is -1.86. The van der Waals surface area contributed by atoms with Gasteiger partial charge in [-0.3, -0.25) is 4.90 Å². The second-order valence-corrected chi connectivity index (χ2v) is 6.13. The summed E-state index contributed by atoms with van der Waals surface area (Å²) in [7, 11) is 0. The topological polar surface area (TPSA) is 33.1 Å². The summed E-state index contributed by atoms with van der Waals surface area (Å²) in [6.45, 7) is 0.845. The highest BCUT2D eigenvalue weighted by Gasteiger charge is 2.32. The second-order valence-electron chi connectivity index (χ2n) is 6.13. The van der Waals surface area contributed by atoms with E-state index in [1.54, 1.807) is 6.20 Å². The summed E-state index contributed by atoms with van der Waals surface area (Å²) in [5.74, 6) is 0. The van der Waals surface area contributed by atoms with Crippen molar-refractivity contribution in [3.05, 3.63) is 48.3 Å². The number of alkyl halides is 3. The van der Waals surface area contributed by atoms with Gasteiger partial charge in [0, 0.05) is 25.0 Å². The molecular weight excluding hydrogens is 317 g/mol. The Bertz CT molecular complexity index is 632. The Labute approximate surface area is 139 Å². The zero-order valence-electron chi connectivity index (χ0n) is 13.3. The van der Waals surface area contributed by atoms with Crippen LogP contribution in [0.25, 0.3) is 5.69 Å². The van der Waals surface area contributed by atoms with Crippen molar-refractivity contribution in [1.82, 2.24) is 20.0 Å². The van der Waals surface area contributed by atoms with Crippen molar-refractivity contribution in [2.24, 2.45) is 0 Å². The minimum atomic E-state index is -4.11. The molecule has 0 radical (unpaired) electrons. The number of nitrogens with zero attached hydrogens (tertiary/aromatic N) is 3. The summed E-state index contributed by atoms with van der Waals surface area (Å²) < 4.78 is 39.1. The molecule has 0 amide bonds. The van der Waals surface area contributed by atoms with E-state index in [-0.39, 0.29) is 6.04 Å². The molecule has 1 aromatic heterocycles. The van der Waals surface area contributed by atoms with Crippen molar-refractivity contribution in [1.29, 1.82) is 0 Å². The minimum absolute atomic E-state index is 0.250. The van der Waals surface area contributed by atoms with Gasteiger partial charge in [-0.1, -0.05) is 18.2 Å². The molecule has 0 unspecified atom stereocenters. The molecule has 1 fully saturated rings. The van der Waals surface area contributed by atoms with Crippen LogP contribution in [0.3, 0.4) is 0 Å². The van der Waals surface area contributed by atoms with Crippen molar-refractivity contribution < 1.29 is 13.2 Å². The number of rotatable bonds is 5. The zero-order chi connectivity index (χ0) is 17.0. The van der Waals surface area contributed by atoms with E-state index in [4.69, 9.17) is 0 Å². The number of piperidine rings is 1. The zero-order valence-corrected chi connectivity index (χ0v) is 13.3. The molecule has 3 rings (SSSR count). The van der Waals surface area contributed by atoms with Crippen LogP contribution >= 0.6 is 0 Å². The highest BCUT2D eigenvalue weighted by atomic mass is 19.4. The largest absolute Gasteiger partial charge is 0.401 e. The molecule has 0 bridgehead atoms. The molecule has 0 saturated carbocycles. The maximum atomic E-state index is 12.4. The predicted octanol–water partition coefficient (Wildman–Crippen LogP) is 2.99. The number of benzene rings is 1. The third-order valence-electron chi connectivity index (χ3n) is 4.31. The Kier molecular flexibility index (Phi) is 5.20. The molecule has 4 nitrogen and oxygen atoms in total. The van der Waals surface area contributed by atoms with Crippen molar-refractivity contribution in [3.63, 3.8) is 0 Å². The molecule has 1 aliphatic rings. The molecule has 0 aliphatic carbocycles. The summed E-state index contributed by atoms with van der Waals surface area (Å²) in [5, 5.41) is 7.74. The first-order valence-corrected chi connectivity index (χ1v) is 8.12. The van der Waals surface area contributed by atoms with Gasteiger partial charge in [-0.2, -0.15) is 18.3 Å². The number of hydrogen-bond acceptors (Lipinski definition) is 3. The fourth-order valence-electron chi connectivity index (χ4n) is 3.10. The number of para-hydroxylation sites is 1. The van der Waals surface area contributed by atoms with Crippen molar-refractivity contribution in [2.75, 3.05) is 19.6 Å². The van der Waals surface area contributed by atoms with Crippen LogP contribution in [0.4, 0.5) is 13.2 Å². The lowest BCUT2D eigenvalue weighted by Gasteiger charge is -2.33. The minimum Gasteiger partial charge on any atom is -0.310 e. The van der Waals surface area contributed by atoms with Gasteiger partial charge in [0.1, 0.15) is 0 Å². The molecular formula is C17H21F3N4. The molecule has 1 saturated heterocycles. The molecule has 0 atom stereocenters. The van der Waals surface area contributed by atoms with Crippen molar-refractivity contribution in [2.45, 2.75) is 31.6 Å². The first-order chi connectivity index (χ1) is 11.5. The van der Waals surface area contributed by atoms with Crippen molar-refractivity contribution >= 4 is 0 Å². The van der Waals surface area contributed by atoms with Crippen LogP contribution in [0.5, 0.6) is 0 Å². The highest BCUT2D eigenvalue weighted by molar-refractivity contribution is 5.40. The van der Waals surface area contributed by atoms with Gasteiger partial charge in [0.05, 0.1) is 12.2 Å². The fraction of sp³-hybridized carbons (Fsp3) is 0.471. The molecule has 24 heavy (non-hydrogen) atoms. The molecule has 1 aromatic carbocycles. The van der Waals surface area contributed by atoms with E-state index < -0.39 is 12.7 Å². The average molecular weight is 338 g/mol. The number of aromatic nitrogens is 2. The van der Waals surface area contributed by atoms with Crippen LogP contribution in [-0.4, -0.2) is 46.5 Å². The summed E-state index contributed by atoms with van der Waals surface area (Å²) >= 11 is 0. The van der Waals surface area contributed by atoms with E-state index in [0.717, 1.165) is 24.1 Å². The maximum absolute atomic E-state index is 12.4. The van der Waals surface area contributed by atoms with E-state index in [2.05, 4.69) is 10.4 Å². The second kappa shape index (κ2) is 7.36. The molecule has 0 spiro atoms. The van der Waals surface area contributed by atoms with E-state index in [1.165, 1.54) is 4.90 Å².